The molecule has 4 aromatic rings. The van der Waals surface area contributed by atoms with Gasteiger partial charge >= 0.3 is 17.8 Å². The summed E-state index contributed by atoms with van der Waals surface area (Å²) in [6.07, 6.45) is 2.22. The number of carbonyl (C=O) groups excluding carboxylic acids is 3. The largest absolute Gasteiger partial charge is 0.494 e. The second kappa shape index (κ2) is 12.3. The first-order valence-electron chi connectivity index (χ1n) is 12.2. The number of hydrazone groups is 1. The predicted molar refractivity (Wildman–Crippen MR) is 147 cm³/mol. The summed E-state index contributed by atoms with van der Waals surface area (Å²) in [6, 6.07) is 24.8. The monoisotopic (exact) mass is 509 g/mol. The van der Waals surface area contributed by atoms with Gasteiger partial charge in [0.2, 0.25) is 0 Å². The molecule has 0 fully saturated rings. The number of amides is 2. The quantitative estimate of drug-likeness (QED) is 0.113. The van der Waals surface area contributed by atoms with Crippen LogP contribution in [0.4, 0.5) is 5.69 Å². The summed E-state index contributed by atoms with van der Waals surface area (Å²) in [6.45, 7) is 4.43. The molecule has 0 heterocycles. The Labute approximate surface area is 220 Å². The molecule has 2 amide bonds. The molecule has 0 aliphatic rings. The topological polar surface area (TPSA) is 106 Å². The second-order valence-corrected chi connectivity index (χ2v) is 8.25. The van der Waals surface area contributed by atoms with E-state index in [1.54, 1.807) is 42.5 Å². The van der Waals surface area contributed by atoms with Gasteiger partial charge in [-0.05, 0) is 72.1 Å². The number of esters is 1. The van der Waals surface area contributed by atoms with E-state index < -0.39 is 17.8 Å². The van der Waals surface area contributed by atoms with Gasteiger partial charge in [-0.15, -0.1) is 0 Å². The molecule has 4 aromatic carbocycles. The van der Waals surface area contributed by atoms with E-state index in [0.29, 0.717) is 29.2 Å². The summed E-state index contributed by atoms with van der Waals surface area (Å²) in [5.41, 5.74) is 4.67. The van der Waals surface area contributed by atoms with Gasteiger partial charge in [0.05, 0.1) is 18.4 Å². The maximum atomic E-state index is 12.8. The molecule has 2 N–H and O–H groups in total. The normalized spacial score (nSPS) is 10.8. The molecule has 0 spiro atoms. The van der Waals surface area contributed by atoms with Crippen LogP contribution in [0.5, 0.6) is 11.5 Å². The van der Waals surface area contributed by atoms with E-state index in [1.165, 1.54) is 6.21 Å². The van der Waals surface area contributed by atoms with Gasteiger partial charge in [0, 0.05) is 11.3 Å². The maximum Gasteiger partial charge on any atom is 0.343 e. The second-order valence-electron chi connectivity index (χ2n) is 8.25. The molecule has 38 heavy (non-hydrogen) atoms. The van der Waals surface area contributed by atoms with Crippen LogP contribution in [0.15, 0.2) is 90.0 Å². The number of nitrogens with zero attached hydrogens (tertiary/aromatic N) is 1. The molecule has 0 radical (unpaired) electrons. The number of hydrogen-bond acceptors (Lipinski definition) is 6. The number of fused-ring (bicyclic) bond motifs is 1. The van der Waals surface area contributed by atoms with Gasteiger partial charge in [0.1, 0.15) is 11.5 Å². The molecule has 0 aliphatic carbocycles. The number of anilines is 1. The van der Waals surface area contributed by atoms with Crippen LogP contribution in [0.1, 0.15) is 35.3 Å². The van der Waals surface area contributed by atoms with E-state index in [9.17, 15) is 14.4 Å². The minimum Gasteiger partial charge on any atom is -0.494 e. The van der Waals surface area contributed by atoms with E-state index >= 15 is 0 Å². The van der Waals surface area contributed by atoms with Crippen LogP contribution in [-0.2, 0) is 16.0 Å². The van der Waals surface area contributed by atoms with Crippen molar-refractivity contribution in [2.75, 3.05) is 11.9 Å². The average molecular weight is 510 g/mol. The standard InChI is InChI=1S/C30H27N3O5/c1-3-20-9-14-23(15-10-20)32-28(34)29(35)33-31-19-26-25-8-6-5-7-21(25)13-18-27(26)38-30(36)22-11-16-24(17-12-22)37-4-2/h5-19H,3-4H2,1-2H3,(H,32,34)(H,33,35)/b31-19+. The number of carbonyl (C=O) groups is 3. The van der Waals surface area contributed by atoms with E-state index in [0.717, 1.165) is 22.8 Å². The first kappa shape index (κ1) is 26.1. The number of ether oxygens (including phenoxy) is 2. The van der Waals surface area contributed by atoms with Crippen LogP contribution in [0.2, 0.25) is 0 Å². The zero-order valence-electron chi connectivity index (χ0n) is 21.1. The number of nitrogens with one attached hydrogen (secondary N) is 2. The van der Waals surface area contributed by atoms with Crippen molar-refractivity contribution < 1.29 is 23.9 Å². The lowest BCUT2D eigenvalue weighted by Crippen LogP contribution is -2.32. The number of aryl methyl sites for hydroxylation is 1. The lowest BCUT2D eigenvalue weighted by molar-refractivity contribution is -0.136. The van der Waals surface area contributed by atoms with Gasteiger partial charge in [-0.2, -0.15) is 5.10 Å². The molecule has 0 saturated carbocycles. The highest BCUT2D eigenvalue weighted by molar-refractivity contribution is 6.39. The van der Waals surface area contributed by atoms with Crippen molar-refractivity contribution in [3.63, 3.8) is 0 Å². The van der Waals surface area contributed by atoms with Gasteiger partial charge in [0.15, 0.2) is 0 Å². The summed E-state index contributed by atoms with van der Waals surface area (Å²) in [5.74, 6) is -1.45. The lowest BCUT2D eigenvalue weighted by atomic mass is 10.0. The highest BCUT2D eigenvalue weighted by atomic mass is 16.5. The SMILES string of the molecule is CCOc1ccc(C(=O)Oc2ccc3ccccc3c2/C=N/NC(=O)C(=O)Nc2ccc(CC)cc2)cc1. The zero-order valence-corrected chi connectivity index (χ0v) is 21.1. The highest BCUT2D eigenvalue weighted by Gasteiger charge is 2.15. The fraction of sp³-hybridized carbons (Fsp3) is 0.133. The Hall–Kier alpha value is -4.98. The molecule has 0 bridgehead atoms. The summed E-state index contributed by atoms with van der Waals surface area (Å²) >= 11 is 0. The van der Waals surface area contributed by atoms with Crippen LogP contribution in [0.25, 0.3) is 10.8 Å². The Kier molecular flexibility index (Phi) is 8.46. The van der Waals surface area contributed by atoms with Crippen LogP contribution < -0.4 is 20.2 Å². The van der Waals surface area contributed by atoms with Gasteiger partial charge in [-0.3, -0.25) is 9.59 Å². The lowest BCUT2D eigenvalue weighted by Gasteiger charge is -2.11. The molecule has 0 aromatic heterocycles. The molecular weight excluding hydrogens is 482 g/mol. The molecule has 0 unspecified atom stereocenters. The minimum absolute atomic E-state index is 0.251. The predicted octanol–water partition coefficient (Wildman–Crippen LogP) is 5.11. The fourth-order valence-corrected chi connectivity index (χ4v) is 3.73. The fourth-order valence-electron chi connectivity index (χ4n) is 3.73. The van der Waals surface area contributed by atoms with Crippen molar-refractivity contribution >= 4 is 40.5 Å². The number of rotatable bonds is 8. The zero-order chi connectivity index (χ0) is 26.9. The van der Waals surface area contributed by atoms with E-state index in [2.05, 4.69) is 15.8 Å². The van der Waals surface area contributed by atoms with E-state index in [4.69, 9.17) is 9.47 Å². The molecule has 0 saturated heterocycles. The van der Waals surface area contributed by atoms with Gasteiger partial charge in [-0.1, -0.05) is 49.4 Å². The summed E-state index contributed by atoms with van der Waals surface area (Å²) in [4.78, 5) is 37.4. The van der Waals surface area contributed by atoms with Crippen LogP contribution >= 0.6 is 0 Å². The number of hydrogen-bond donors (Lipinski definition) is 2. The van der Waals surface area contributed by atoms with Crippen molar-refractivity contribution in [2.45, 2.75) is 20.3 Å². The molecule has 8 nitrogen and oxygen atoms in total. The van der Waals surface area contributed by atoms with Crippen molar-refractivity contribution in [3.8, 4) is 11.5 Å². The maximum absolute atomic E-state index is 12.8. The third kappa shape index (κ3) is 6.41. The molecule has 192 valence electrons. The third-order valence-electron chi connectivity index (χ3n) is 5.72. The van der Waals surface area contributed by atoms with Gasteiger partial charge in [-0.25, -0.2) is 10.2 Å². The van der Waals surface area contributed by atoms with Gasteiger partial charge < -0.3 is 14.8 Å². The minimum atomic E-state index is -0.936. The van der Waals surface area contributed by atoms with Crippen molar-refractivity contribution in [1.29, 1.82) is 0 Å². The van der Waals surface area contributed by atoms with Crippen molar-refractivity contribution in [1.82, 2.24) is 5.43 Å². The Bertz CT molecular complexity index is 1480. The Morgan fingerprint density at radius 1 is 0.842 bits per heavy atom. The third-order valence-corrected chi connectivity index (χ3v) is 5.72. The molecule has 0 aliphatic heterocycles. The Balaban J connectivity index is 1.50. The first-order valence-corrected chi connectivity index (χ1v) is 12.2. The summed E-state index contributed by atoms with van der Waals surface area (Å²) in [7, 11) is 0. The summed E-state index contributed by atoms with van der Waals surface area (Å²) < 4.78 is 11.1. The van der Waals surface area contributed by atoms with Gasteiger partial charge in [0.25, 0.3) is 0 Å². The van der Waals surface area contributed by atoms with Crippen molar-refractivity contribution in [3.05, 3.63) is 102 Å². The van der Waals surface area contributed by atoms with Crippen LogP contribution in [0.3, 0.4) is 0 Å². The molecule has 8 heteroatoms. The highest BCUT2D eigenvalue weighted by Crippen LogP contribution is 2.27. The Morgan fingerprint density at radius 3 is 2.29 bits per heavy atom. The first-order chi connectivity index (χ1) is 18.5. The average Bonchev–Trinajstić information content (AvgIpc) is 2.94. The van der Waals surface area contributed by atoms with Crippen molar-refractivity contribution in [2.24, 2.45) is 5.10 Å². The van der Waals surface area contributed by atoms with E-state index in [1.807, 2.05) is 56.3 Å². The van der Waals surface area contributed by atoms with Crippen LogP contribution in [-0.4, -0.2) is 30.6 Å². The number of benzene rings is 4. The molecular formula is C30H27N3O5. The van der Waals surface area contributed by atoms with Crippen LogP contribution in [0, 0.1) is 0 Å². The smallest absolute Gasteiger partial charge is 0.343 e. The summed E-state index contributed by atoms with van der Waals surface area (Å²) in [5, 5.41) is 8.13. The van der Waals surface area contributed by atoms with E-state index in [-0.39, 0.29) is 5.75 Å². The Morgan fingerprint density at radius 2 is 1.58 bits per heavy atom. The molecule has 0 atom stereocenters. The molecule has 4 rings (SSSR count).